The van der Waals surface area contributed by atoms with Crippen molar-refractivity contribution in [1.82, 2.24) is 15.1 Å². The molecular formula is C15H18ClN3O2. The average molecular weight is 308 g/mol. The van der Waals surface area contributed by atoms with Gasteiger partial charge < -0.3 is 9.15 Å². The lowest BCUT2D eigenvalue weighted by Gasteiger charge is -2.37. The van der Waals surface area contributed by atoms with Crippen LogP contribution in [0.15, 0.2) is 28.7 Å². The molecule has 0 saturated carbocycles. The summed E-state index contributed by atoms with van der Waals surface area (Å²) in [6.07, 6.45) is 0.0175. The Labute approximate surface area is 128 Å². The summed E-state index contributed by atoms with van der Waals surface area (Å²) in [5, 5.41) is 8.67. The van der Waals surface area contributed by atoms with E-state index in [0.29, 0.717) is 31.0 Å². The molecule has 2 aromatic rings. The number of benzene rings is 1. The van der Waals surface area contributed by atoms with Crippen LogP contribution in [-0.4, -0.2) is 34.3 Å². The second-order valence-electron chi connectivity index (χ2n) is 5.37. The van der Waals surface area contributed by atoms with Crippen molar-refractivity contribution in [3.63, 3.8) is 0 Å². The van der Waals surface area contributed by atoms with Gasteiger partial charge in [-0.3, -0.25) is 4.90 Å². The molecule has 1 aliphatic heterocycles. The maximum atomic E-state index is 6.06. The Balaban J connectivity index is 1.72. The van der Waals surface area contributed by atoms with Crippen LogP contribution in [-0.2, 0) is 11.3 Å². The van der Waals surface area contributed by atoms with Crippen molar-refractivity contribution in [3.8, 4) is 0 Å². The maximum Gasteiger partial charge on any atom is 0.230 e. The third-order valence-electron chi connectivity index (χ3n) is 3.69. The van der Waals surface area contributed by atoms with E-state index in [2.05, 4.69) is 22.0 Å². The van der Waals surface area contributed by atoms with Crippen molar-refractivity contribution < 1.29 is 9.15 Å². The normalized spacial score (nSPS) is 23.4. The minimum Gasteiger partial charge on any atom is -0.424 e. The van der Waals surface area contributed by atoms with E-state index in [1.807, 2.05) is 24.3 Å². The molecule has 0 aliphatic carbocycles. The van der Waals surface area contributed by atoms with Gasteiger partial charge in [0, 0.05) is 24.5 Å². The molecule has 0 amide bonds. The van der Waals surface area contributed by atoms with Gasteiger partial charge in [-0.2, -0.15) is 0 Å². The molecule has 1 aliphatic rings. The van der Waals surface area contributed by atoms with Gasteiger partial charge in [0.15, 0.2) is 0 Å². The van der Waals surface area contributed by atoms with Gasteiger partial charge in [-0.1, -0.05) is 23.7 Å². The molecule has 0 unspecified atom stereocenters. The van der Waals surface area contributed by atoms with Gasteiger partial charge in [-0.15, -0.1) is 10.2 Å². The topological polar surface area (TPSA) is 51.4 Å². The SMILES string of the molecule is Cc1nnc(CN2C[C@H](c3cccc(Cl)c3)OC[C@@H]2C)o1. The number of ether oxygens (including phenoxy) is 1. The predicted octanol–water partition coefficient (Wildman–Crippen LogP) is 2.99. The number of aromatic nitrogens is 2. The van der Waals surface area contributed by atoms with Gasteiger partial charge in [0.2, 0.25) is 11.8 Å². The molecule has 0 radical (unpaired) electrons. The molecule has 112 valence electrons. The lowest BCUT2D eigenvalue weighted by molar-refractivity contribution is -0.0656. The largest absolute Gasteiger partial charge is 0.424 e. The molecule has 0 spiro atoms. The molecule has 1 saturated heterocycles. The summed E-state index contributed by atoms with van der Waals surface area (Å²) in [5.41, 5.74) is 1.10. The van der Waals surface area contributed by atoms with E-state index in [9.17, 15) is 0 Å². The molecule has 5 nitrogen and oxygen atoms in total. The van der Waals surface area contributed by atoms with Gasteiger partial charge in [-0.25, -0.2) is 0 Å². The summed E-state index contributed by atoms with van der Waals surface area (Å²) < 4.78 is 11.4. The molecular weight excluding hydrogens is 290 g/mol. The van der Waals surface area contributed by atoms with Crippen molar-refractivity contribution in [1.29, 1.82) is 0 Å². The highest BCUT2D eigenvalue weighted by atomic mass is 35.5. The van der Waals surface area contributed by atoms with Gasteiger partial charge in [0.25, 0.3) is 0 Å². The quantitative estimate of drug-likeness (QED) is 0.872. The van der Waals surface area contributed by atoms with E-state index >= 15 is 0 Å². The summed E-state index contributed by atoms with van der Waals surface area (Å²) in [6.45, 7) is 6.03. The van der Waals surface area contributed by atoms with Crippen molar-refractivity contribution in [2.75, 3.05) is 13.2 Å². The fourth-order valence-corrected chi connectivity index (χ4v) is 2.71. The number of hydrogen-bond acceptors (Lipinski definition) is 5. The molecule has 6 heteroatoms. The maximum absolute atomic E-state index is 6.06. The van der Waals surface area contributed by atoms with Crippen LogP contribution in [0.4, 0.5) is 0 Å². The lowest BCUT2D eigenvalue weighted by Crippen LogP contribution is -2.44. The monoisotopic (exact) mass is 307 g/mol. The first-order chi connectivity index (χ1) is 10.1. The number of aryl methyl sites for hydroxylation is 1. The predicted molar refractivity (Wildman–Crippen MR) is 79.1 cm³/mol. The van der Waals surface area contributed by atoms with Crippen LogP contribution < -0.4 is 0 Å². The molecule has 3 rings (SSSR count). The highest BCUT2D eigenvalue weighted by Gasteiger charge is 2.28. The third-order valence-corrected chi connectivity index (χ3v) is 3.92. The van der Waals surface area contributed by atoms with Crippen LogP contribution in [0.3, 0.4) is 0 Å². The van der Waals surface area contributed by atoms with E-state index in [4.69, 9.17) is 20.8 Å². The Bertz CT molecular complexity index is 616. The molecule has 2 atom stereocenters. The number of rotatable bonds is 3. The first-order valence-corrected chi connectivity index (χ1v) is 7.39. The van der Waals surface area contributed by atoms with Crippen molar-refractivity contribution >= 4 is 11.6 Å². The Morgan fingerprint density at radius 1 is 1.38 bits per heavy atom. The first kappa shape index (κ1) is 14.5. The second kappa shape index (κ2) is 6.13. The summed E-state index contributed by atoms with van der Waals surface area (Å²) in [6, 6.07) is 8.13. The van der Waals surface area contributed by atoms with Gasteiger partial charge >= 0.3 is 0 Å². The summed E-state index contributed by atoms with van der Waals surface area (Å²) in [4.78, 5) is 2.29. The molecule has 1 aromatic heterocycles. The Morgan fingerprint density at radius 3 is 2.95 bits per heavy atom. The molecule has 0 N–H and O–H groups in total. The minimum atomic E-state index is 0.0175. The number of halogens is 1. The van der Waals surface area contributed by atoms with Gasteiger partial charge in [0.1, 0.15) is 0 Å². The summed E-state index contributed by atoms with van der Waals surface area (Å²) >= 11 is 6.06. The minimum absolute atomic E-state index is 0.0175. The summed E-state index contributed by atoms with van der Waals surface area (Å²) in [7, 11) is 0. The number of morpholine rings is 1. The van der Waals surface area contributed by atoms with Crippen molar-refractivity contribution in [3.05, 3.63) is 46.6 Å². The first-order valence-electron chi connectivity index (χ1n) is 7.02. The van der Waals surface area contributed by atoms with Crippen LogP contribution in [0.25, 0.3) is 0 Å². The van der Waals surface area contributed by atoms with Crippen LogP contribution in [0.5, 0.6) is 0 Å². The zero-order chi connectivity index (χ0) is 14.8. The Kier molecular flexibility index (Phi) is 4.24. The summed E-state index contributed by atoms with van der Waals surface area (Å²) in [5.74, 6) is 1.24. The van der Waals surface area contributed by atoms with Gasteiger partial charge in [-0.05, 0) is 24.6 Å². The molecule has 1 aromatic carbocycles. The highest BCUT2D eigenvalue weighted by molar-refractivity contribution is 6.30. The fourth-order valence-electron chi connectivity index (χ4n) is 2.51. The standard InChI is InChI=1S/C15H18ClN3O2/c1-10-9-20-14(12-4-3-5-13(16)6-12)7-19(10)8-15-18-17-11(2)21-15/h3-6,10,14H,7-9H2,1-2H3/t10-,14+/m0/s1. The highest BCUT2D eigenvalue weighted by Crippen LogP contribution is 2.27. The molecule has 1 fully saturated rings. The van der Waals surface area contributed by atoms with Crippen molar-refractivity contribution in [2.45, 2.75) is 32.5 Å². The molecule has 0 bridgehead atoms. The fraction of sp³-hybridized carbons (Fsp3) is 0.467. The molecule has 2 heterocycles. The van der Waals surface area contributed by atoms with Crippen LogP contribution in [0, 0.1) is 6.92 Å². The number of hydrogen-bond donors (Lipinski definition) is 0. The number of nitrogens with zero attached hydrogens (tertiary/aromatic N) is 3. The van der Waals surface area contributed by atoms with Crippen LogP contribution >= 0.6 is 11.6 Å². The van der Waals surface area contributed by atoms with Crippen molar-refractivity contribution in [2.24, 2.45) is 0 Å². The van der Waals surface area contributed by atoms with E-state index in [0.717, 1.165) is 17.1 Å². The lowest BCUT2D eigenvalue weighted by atomic mass is 10.1. The van der Waals surface area contributed by atoms with Crippen LogP contribution in [0.2, 0.25) is 5.02 Å². The van der Waals surface area contributed by atoms with Gasteiger partial charge in [0.05, 0.1) is 19.3 Å². The third kappa shape index (κ3) is 3.43. The zero-order valence-corrected chi connectivity index (χ0v) is 12.9. The van der Waals surface area contributed by atoms with E-state index in [1.54, 1.807) is 6.92 Å². The second-order valence-corrected chi connectivity index (χ2v) is 5.81. The van der Waals surface area contributed by atoms with Crippen LogP contribution in [0.1, 0.15) is 30.4 Å². The molecule has 21 heavy (non-hydrogen) atoms. The Morgan fingerprint density at radius 2 is 2.24 bits per heavy atom. The average Bonchev–Trinajstić information content (AvgIpc) is 2.87. The van der Waals surface area contributed by atoms with E-state index in [1.165, 1.54) is 0 Å². The Hall–Kier alpha value is -1.43. The smallest absolute Gasteiger partial charge is 0.230 e. The zero-order valence-electron chi connectivity index (χ0n) is 12.1. The van der Waals surface area contributed by atoms with E-state index in [-0.39, 0.29) is 6.10 Å². The van der Waals surface area contributed by atoms with E-state index < -0.39 is 0 Å².